The first-order valence-corrected chi connectivity index (χ1v) is 15.4. The molecule has 4 aromatic rings. The number of amides is 1. The van der Waals surface area contributed by atoms with E-state index >= 15 is 0 Å². The summed E-state index contributed by atoms with van der Waals surface area (Å²) in [7, 11) is -1.09. The number of esters is 1. The summed E-state index contributed by atoms with van der Waals surface area (Å²) in [4.78, 5) is 29.7. The molecule has 0 radical (unpaired) electrons. The smallest absolute Gasteiger partial charge is 0.417 e. The number of rotatable bonds is 9. The van der Waals surface area contributed by atoms with Gasteiger partial charge < -0.3 is 19.4 Å². The average molecular weight is 659 g/mol. The van der Waals surface area contributed by atoms with Crippen LogP contribution in [0, 0.1) is 0 Å². The van der Waals surface area contributed by atoms with E-state index in [2.05, 4.69) is 15.0 Å². The van der Waals surface area contributed by atoms with Crippen molar-refractivity contribution in [2.45, 2.75) is 50.4 Å². The van der Waals surface area contributed by atoms with Crippen LogP contribution in [0.15, 0.2) is 78.0 Å². The van der Waals surface area contributed by atoms with Crippen molar-refractivity contribution in [1.82, 2.24) is 14.3 Å². The third kappa shape index (κ3) is 7.74. The first kappa shape index (κ1) is 34.2. The molecule has 4 rings (SSSR count). The zero-order chi connectivity index (χ0) is 34.0. The number of anilines is 1. The van der Waals surface area contributed by atoms with E-state index in [9.17, 15) is 31.2 Å². The molecule has 2 N–H and O–H groups in total. The molecule has 10 nitrogen and oxygen atoms in total. The third-order valence-electron chi connectivity index (χ3n) is 6.65. The molecule has 46 heavy (non-hydrogen) atoms. The van der Waals surface area contributed by atoms with Crippen molar-refractivity contribution in [3.8, 4) is 16.9 Å². The fourth-order valence-corrected chi connectivity index (χ4v) is 6.38. The molecule has 0 fully saturated rings. The lowest BCUT2D eigenvalue weighted by molar-refractivity contribution is -0.145. The SMILES string of the molecule is COc1cc(C(=O)Nc2ccc(-c3ccccc3C(F)(F)F)c(C(OC(C)=O)c3nccn3C)c2)ccc1S(=O)(=O)NC(C)(C)C. The van der Waals surface area contributed by atoms with Gasteiger partial charge >= 0.3 is 12.1 Å². The Kier molecular flexibility index (Phi) is 9.64. The predicted molar refractivity (Wildman–Crippen MR) is 165 cm³/mol. The van der Waals surface area contributed by atoms with Crippen molar-refractivity contribution in [2.75, 3.05) is 12.4 Å². The van der Waals surface area contributed by atoms with Crippen LogP contribution in [0.1, 0.15) is 61.1 Å². The van der Waals surface area contributed by atoms with Gasteiger partial charge in [0.2, 0.25) is 10.0 Å². The molecule has 0 aliphatic heterocycles. The molecular weight excluding hydrogens is 625 g/mol. The Bertz CT molecular complexity index is 1880. The minimum Gasteiger partial charge on any atom is -0.495 e. The number of alkyl halides is 3. The molecule has 1 unspecified atom stereocenters. The second-order valence-corrected chi connectivity index (χ2v) is 13.1. The van der Waals surface area contributed by atoms with E-state index in [4.69, 9.17) is 9.47 Å². The maximum atomic E-state index is 14.1. The summed E-state index contributed by atoms with van der Waals surface area (Å²) in [5.41, 5.74) is -1.42. The first-order valence-electron chi connectivity index (χ1n) is 13.9. The summed E-state index contributed by atoms with van der Waals surface area (Å²) < 4.78 is 83.1. The summed E-state index contributed by atoms with van der Waals surface area (Å²) >= 11 is 0. The van der Waals surface area contributed by atoms with E-state index in [1.807, 2.05) is 0 Å². The number of hydrogen-bond acceptors (Lipinski definition) is 7. The fraction of sp³-hybridized carbons (Fsp3) is 0.281. The number of aromatic nitrogens is 2. The van der Waals surface area contributed by atoms with Gasteiger partial charge in [-0.2, -0.15) is 13.2 Å². The van der Waals surface area contributed by atoms with E-state index in [1.165, 1.54) is 74.8 Å². The van der Waals surface area contributed by atoms with Crippen LogP contribution in [-0.4, -0.2) is 42.5 Å². The number of aryl methyl sites for hydroxylation is 1. The van der Waals surface area contributed by atoms with Crippen molar-refractivity contribution < 1.29 is 40.7 Å². The summed E-state index contributed by atoms with van der Waals surface area (Å²) in [5.74, 6) is -1.22. The fourth-order valence-electron chi connectivity index (χ4n) is 4.81. The number of halogens is 3. The van der Waals surface area contributed by atoms with Gasteiger partial charge in [-0.3, -0.25) is 9.59 Å². The standard InChI is InChI=1S/C32H33F3N4O6S/c1-19(40)45-28(29-36-15-16-39(29)5)24-18-21(12-13-22(24)23-9-7-8-10-25(23)32(33,34)35)37-30(41)20-11-14-27(26(17-20)44-6)46(42,43)38-31(2,3)4/h7-18,28,38H,1-6H3,(H,37,41). The Morgan fingerprint density at radius 1 is 0.978 bits per heavy atom. The molecule has 14 heteroatoms. The normalized spacial score (nSPS) is 12.8. The molecule has 0 bridgehead atoms. The van der Waals surface area contributed by atoms with Gasteiger partial charge in [0.25, 0.3) is 5.91 Å². The minimum absolute atomic E-state index is 0.0419. The number of benzene rings is 3. The summed E-state index contributed by atoms with van der Waals surface area (Å²) in [6, 6.07) is 13.0. The minimum atomic E-state index is -4.69. The Labute approximate surface area is 264 Å². The molecule has 1 amide bonds. The maximum Gasteiger partial charge on any atom is 0.417 e. The molecular formula is C32H33F3N4O6S. The second-order valence-electron chi connectivity index (χ2n) is 11.4. The molecule has 0 spiro atoms. The van der Waals surface area contributed by atoms with Crippen molar-refractivity contribution in [3.63, 3.8) is 0 Å². The molecule has 0 saturated heterocycles. The van der Waals surface area contributed by atoms with Gasteiger partial charge in [0.05, 0.1) is 12.7 Å². The van der Waals surface area contributed by atoms with E-state index < -0.39 is 45.3 Å². The molecule has 0 saturated carbocycles. The highest BCUT2D eigenvalue weighted by Crippen LogP contribution is 2.42. The van der Waals surface area contributed by atoms with E-state index in [-0.39, 0.29) is 44.4 Å². The van der Waals surface area contributed by atoms with Crippen LogP contribution in [0.25, 0.3) is 11.1 Å². The summed E-state index contributed by atoms with van der Waals surface area (Å²) in [6.07, 6.45) is -2.89. The van der Waals surface area contributed by atoms with Gasteiger partial charge in [-0.1, -0.05) is 24.3 Å². The van der Waals surface area contributed by atoms with Crippen molar-refractivity contribution >= 4 is 27.6 Å². The average Bonchev–Trinajstić information content (AvgIpc) is 3.39. The highest BCUT2D eigenvalue weighted by molar-refractivity contribution is 7.89. The van der Waals surface area contributed by atoms with Crippen molar-refractivity contribution in [2.24, 2.45) is 7.05 Å². The first-order chi connectivity index (χ1) is 21.4. The summed E-state index contributed by atoms with van der Waals surface area (Å²) in [5, 5.41) is 2.69. The maximum absolute atomic E-state index is 14.1. The molecule has 3 aromatic carbocycles. The quantitative estimate of drug-likeness (QED) is 0.208. The third-order valence-corrected chi connectivity index (χ3v) is 8.44. The van der Waals surface area contributed by atoms with Crippen molar-refractivity contribution in [3.05, 3.63) is 95.6 Å². The Morgan fingerprint density at radius 2 is 1.67 bits per heavy atom. The van der Waals surface area contributed by atoms with Gasteiger partial charge in [-0.15, -0.1) is 0 Å². The number of carbonyl (C=O) groups excluding carboxylic acids is 2. The van der Waals surface area contributed by atoms with Crippen LogP contribution in [0.5, 0.6) is 5.75 Å². The number of hydrogen-bond donors (Lipinski definition) is 2. The van der Waals surface area contributed by atoms with Gasteiger partial charge in [0.1, 0.15) is 10.6 Å². The zero-order valence-electron chi connectivity index (χ0n) is 25.9. The van der Waals surface area contributed by atoms with Gasteiger partial charge in [0, 0.05) is 48.7 Å². The van der Waals surface area contributed by atoms with Crippen LogP contribution in [0.4, 0.5) is 18.9 Å². The lowest BCUT2D eigenvalue weighted by atomic mass is 9.91. The molecule has 0 aliphatic rings. The molecule has 1 heterocycles. The number of nitrogens with zero attached hydrogens (tertiary/aromatic N) is 2. The monoisotopic (exact) mass is 658 g/mol. The highest BCUT2D eigenvalue weighted by atomic mass is 32.2. The largest absolute Gasteiger partial charge is 0.495 e. The topological polar surface area (TPSA) is 129 Å². The van der Waals surface area contributed by atoms with Crippen LogP contribution in [-0.2, 0) is 32.8 Å². The van der Waals surface area contributed by atoms with Crippen molar-refractivity contribution in [1.29, 1.82) is 0 Å². The van der Waals surface area contributed by atoms with Gasteiger partial charge in [-0.05, 0) is 68.3 Å². The number of methoxy groups -OCH3 is 1. The number of nitrogens with one attached hydrogen (secondary N) is 2. The number of carbonyl (C=O) groups is 2. The molecule has 244 valence electrons. The summed E-state index contributed by atoms with van der Waals surface area (Å²) in [6.45, 7) is 6.21. The lowest BCUT2D eigenvalue weighted by Crippen LogP contribution is -2.40. The Morgan fingerprint density at radius 3 is 2.26 bits per heavy atom. The van der Waals surface area contributed by atoms with E-state index in [0.717, 1.165) is 6.07 Å². The highest BCUT2D eigenvalue weighted by Gasteiger charge is 2.35. The number of imidazole rings is 1. The zero-order valence-corrected chi connectivity index (χ0v) is 26.7. The molecule has 1 atom stereocenters. The van der Waals surface area contributed by atoms with Gasteiger partial charge in [-0.25, -0.2) is 18.1 Å². The number of sulfonamides is 1. The van der Waals surface area contributed by atoms with Crippen LogP contribution < -0.4 is 14.8 Å². The number of ether oxygens (including phenoxy) is 2. The van der Waals surface area contributed by atoms with Gasteiger partial charge in [0.15, 0.2) is 11.9 Å². The Balaban J connectivity index is 1.81. The van der Waals surface area contributed by atoms with E-state index in [0.29, 0.717) is 0 Å². The lowest BCUT2D eigenvalue weighted by Gasteiger charge is -2.23. The second kappa shape index (κ2) is 13.0. The molecule has 0 aliphatic carbocycles. The predicted octanol–water partition coefficient (Wildman–Crippen LogP) is 6.10. The Hall–Kier alpha value is -4.69. The van der Waals surface area contributed by atoms with Crippen LogP contribution in [0.2, 0.25) is 0 Å². The van der Waals surface area contributed by atoms with Crippen LogP contribution >= 0.6 is 0 Å². The van der Waals surface area contributed by atoms with Crippen LogP contribution in [0.3, 0.4) is 0 Å². The molecule has 1 aromatic heterocycles. The van der Waals surface area contributed by atoms with E-state index in [1.54, 1.807) is 38.6 Å².